The van der Waals surface area contributed by atoms with Crippen molar-refractivity contribution in [2.45, 2.75) is 20.8 Å². The summed E-state index contributed by atoms with van der Waals surface area (Å²) in [5.41, 5.74) is 4.50. The number of aromatic nitrogens is 1. The molecule has 0 saturated heterocycles. The summed E-state index contributed by atoms with van der Waals surface area (Å²) < 4.78 is 13.5. The van der Waals surface area contributed by atoms with Crippen molar-refractivity contribution < 1.29 is 4.39 Å². The second-order valence-corrected chi connectivity index (χ2v) is 4.10. The molecule has 2 rings (SSSR count). The van der Waals surface area contributed by atoms with Crippen LogP contribution in [0.15, 0.2) is 30.3 Å². The Morgan fingerprint density at radius 3 is 2.06 bits per heavy atom. The van der Waals surface area contributed by atoms with Gasteiger partial charge >= 0.3 is 0 Å². The van der Waals surface area contributed by atoms with Gasteiger partial charge in [-0.3, -0.25) is 4.98 Å². The van der Waals surface area contributed by atoms with Gasteiger partial charge in [-0.25, -0.2) is 4.39 Å². The van der Waals surface area contributed by atoms with Crippen molar-refractivity contribution in [3.63, 3.8) is 0 Å². The minimum atomic E-state index is -0.162. The Hall–Kier alpha value is -1.70. The lowest BCUT2D eigenvalue weighted by atomic mass is 10.0. The molecule has 0 aliphatic rings. The van der Waals surface area contributed by atoms with Crippen molar-refractivity contribution in [1.82, 2.24) is 4.98 Å². The minimum absolute atomic E-state index is 0.162. The summed E-state index contributed by atoms with van der Waals surface area (Å²) in [5, 5.41) is 0. The van der Waals surface area contributed by atoms with E-state index in [1.165, 1.54) is 0 Å². The van der Waals surface area contributed by atoms with Gasteiger partial charge in [0, 0.05) is 11.4 Å². The second kappa shape index (κ2) is 4.05. The fourth-order valence-electron chi connectivity index (χ4n) is 1.77. The number of benzene rings is 1. The first kappa shape index (κ1) is 10.8. The Labute approximate surface area is 95.0 Å². The topological polar surface area (TPSA) is 12.9 Å². The molecule has 0 spiro atoms. The fraction of sp³-hybridized carbons (Fsp3) is 0.214. The van der Waals surface area contributed by atoms with Gasteiger partial charge in [-0.15, -0.1) is 0 Å². The van der Waals surface area contributed by atoms with Crippen molar-refractivity contribution in [3.8, 4) is 11.1 Å². The minimum Gasteiger partial charge on any atom is -0.258 e. The largest absolute Gasteiger partial charge is 0.258 e. The monoisotopic (exact) mass is 215 g/mol. The maximum atomic E-state index is 13.5. The van der Waals surface area contributed by atoms with Gasteiger partial charge in [0.1, 0.15) is 5.82 Å². The van der Waals surface area contributed by atoms with Crippen LogP contribution in [0.5, 0.6) is 0 Å². The molecule has 0 radical (unpaired) electrons. The molecule has 16 heavy (non-hydrogen) atoms. The standard InChI is InChI=1S/C14H14FN/c1-9-4-5-12(8-14(9)15)13-6-10(2)16-11(3)7-13/h4-8H,1-3H3. The zero-order chi connectivity index (χ0) is 11.7. The van der Waals surface area contributed by atoms with Crippen molar-refractivity contribution in [3.05, 3.63) is 53.1 Å². The van der Waals surface area contributed by atoms with E-state index in [2.05, 4.69) is 4.98 Å². The Kier molecular flexibility index (Phi) is 2.73. The van der Waals surface area contributed by atoms with E-state index in [0.29, 0.717) is 5.56 Å². The predicted molar refractivity (Wildman–Crippen MR) is 63.8 cm³/mol. The van der Waals surface area contributed by atoms with Gasteiger partial charge in [-0.1, -0.05) is 12.1 Å². The molecule has 0 unspecified atom stereocenters. The third-order valence-corrected chi connectivity index (χ3v) is 2.59. The first-order valence-corrected chi connectivity index (χ1v) is 5.28. The summed E-state index contributed by atoms with van der Waals surface area (Å²) in [5.74, 6) is -0.162. The Morgan fingerprint density at radius 1 is 0.875 bits per heavy atom. The van der Waals surface area contributed by atoms with Gasteiger partial charge in [0.2, 0.25) is 0 Å². The lowest BCUT2D eigenvalue weighted by molar-refractivity contribution is 0.619. The highest BCUT2D eigenvalue weighted by Crippen LogP contribution is 2.22. The van der Waals surface area contributed by atoms with Crippen LogP contribution >= 0.6 is 0 Å². The maximum absolute atomic E-state index is 13.5. The van der Waals surface area contributed by atoms with Crippen LogP contribution in [0.25, 0.3) is 11.1 Å². The first-order valence-electron chi connectivity index (χ1n) is 5.28. The molecule has 2 heteroatoms. The number of pyridine rings is 1. The highest BCUT2D eigenvalue weighted by Gasteiger charge is 2.03. The lowest BCUT2D eigenvalue weighted by Gasteiger charge is -2.06. The third kappa shape index (κ3) is 2.11. The SMILES string of the molecule is Cc1cc(-c2ccc(C)c(F)c2)cc(C)n1. The van der Waals surface area contributed by atoms with Gasteiger partial charge in [0.25, 0.3) is 0 Å². The van der Waals surface area contributed by atoms with Crippen molar-refractivity contribution in [2.75, 3.05) is 0 Å². The molecule has 82 valence electrons. The summed E-state index contributed by atoms with van der Waals surface area (Å²) in [6, 6.07) is 9.25. The fourth-order valence-corrected chi connectivity index (χ4v) is 1.77. The normalized spacial score (nSPS) is 10.5. The molecule has 0 bridgehead atoms. The van der Waals surface area contributed by atoms with E-state index in [9.17, 15) is 4.39 Å². The van der Waals surface area contributed by atoms with E-state index in [-0.39, 0.29) is 5.82 Å². The summed E-state index contributed by atoms with van der Waals surface area (Å²) >= 11 is 0. The summed E-state index contributed by atoms with van der Waals surface area (Å²) in [6.07, 6.45) is 0. The molecule has 0 saturated carbocycles. The molecular formula is C14H14FN. The van der Waals surface area contributed by atoms with Crippen LogP contribution in [0, 0.1) is 26.6 Å². The smallest absolute Gasteiger partial charge is 0.126 e. The number of nitrogens with zero attached hydrogens (tertiary/aromatic N) is 1. The van der Waals surface area contributed by atoms with Gasteiger partial charge in [-0.2, -0.15) is 0 Å². The van der Waals surface area contributed by atoms with Crippen LogP contribution in [0.2, 0.25) is 0 Å². The van der Waals surface area contributed by atoms with E-state index < -0.39 is 0 Å². The summed E-state index contributed by atoms with van der Waals surface area (Å²) in [4.78, 5) is 4.31. The van der Waals surface area contributed by atoms with E-state index in [1.54, 1.807) is 19.1 Å². The van der Waals surface area contributed by atoms with Crippen LogP contribution in [0.3, 0.4) is 0 Å². The van der Waals surface area contributed by atoms with Gasteiger partial charge in [-0.05, 0) is 55.7 Å². The quantitative estimate of drug-likeness (QED) is 0.704. The molecule has 0 fully saturated rings. The molecule has 1 aromatic carbocycles. The number of rotatable bonds is 1. The maximum Gasteiger partial charge on any atom is 0.126 e. The van der Waals surface area contributed by atoms with Crippen LogP contribution in [-0.2, 0) is 0 Å². The third-order valence-electron chi connectivity index (χ3n) is 2.59. The van der Waals surface area contributed by atoms with Crippen molar-refractivity contribution >= 4 is 0 Å². The molecule has 0 N–H and O–H groups in total. The predicted octanol–water partition coefficient (Wildman–Crippen LogP) is 3.81. The van der Waals surface area contributed by atoms with Gasteiger partial charge in [0.15, 0.2) is 0 Å². The Morgan fingerprint density at radius 2 is 1.50 bits per heavy atom. The van der Waals surface area contributed by atoms with E-state index in [1.807, 2.05) is 32.0 Å². The molecule has 1 heterocycles. The molecule has 0 atom stereocenters. The summed E-state index contributed by atoms with van der Waals surface area (Å²) in [6.45, 7) is 5.66. The van der Waals surface area contributed by atoms with Crippen LogP contribution in [0.1, 0.15) is 17.0 Å². The molecule has 2 aromatic rings. The molecule has 0 amide bonds. The van der Waals surface area contributed by atoms with E-state index >= 15 is 0 Å². The highest BCUT2D eigenvalue weighted by molar-refractivity contribution is 5.64. The number of hydrogen-bond acceptors (Lipinski definition) is 1. The Bertz CT molecular complexity index is 512. The van der Waals surface area contributed by atoms with Gasteiger partial charge < -0.3 is 0 Å². The average Bonchev–Trinajstić information content (AvgIpc) is 2.20. The molecule has 1 nitrogen and oxygen atoms in total. The number of hydrogen-bond donors (Lipinski definition) is 0. The number of halogens is 1. The average molecular weight is 215 g/mol. The molecule has 0 aliphatic carbocycles. The summed E-state index contributed by atoms with van der Waals surface area (Å²) in [7, 11) is 0. The van der Waals surface area contributed by atoms with E-state index in [4.69, 9.17) is 0 Å². The van der Waals surface area contributed by atoms with Crippen LogP contribution in [0.4, 0.5) is 4.39 Å². The van der Waals surface area contributed by atoms with Crippen molar-refractivity contribution in [2.24, 2.45) is 0 Å². The van der Waals surface area contributed by atoms with Gasteiger partial charge in [0.05, 0.1) is 0 Å². The molecule has 0 aliphatic heterocycles. The van der Waals surface area contributed by atoms with E-state index in [0.717, 1.165) is 22.5 Å². The zero-order valence-corrected chi connectivity index (χ0v) is 9.71. The zero-order valence-electron chi connectivity index (χ0n) is 9.71. The molecular weight excluding hydrogens is 201 g/mol. The molecule has 1 aromatic heterocycles. The Balaban J connectivity index is 2.54. The van der Waals surface area contributed by atoms with Crippen molar-refractivity contribution in [1.29, 1.82) is 0 Å². The lowest BCUT2D eigenvalue weighted by Crippen LogP contribution is -1.89. The highest BCUT2D eigenvalue weighted by atomic mass is 19.1. The van der Waals surface area contributed by atoms with Crippen LogP contribution in [-0.4, -0.2) is 4.98 Å². The second-order valence-electron chi connectivity index (χ2n) is 4.10. The van der Waals surface area contributed by atoms with Crippen LogP contribution < -0.4 is 0 Å². The number of aryl methyl sites for hydroxylation is 3. The first-order chi connectivity index (χ1) is 7.56.